The highest BCUT2D eigenvalue weighted by Crippen LogP contribution is 2.38. The van der Waals surface area contributed by atoms with E-state index in [0.29, 0.717) is 137 Å². The summed E-state index contributed by atoms with van der Waals surface area (Å²) < 4.78 is 36.9. The lowest BCUT2D eigenvalue weighted by Gasteiger charge is -2.34. The largest absolute Gasteiger partial charge is 0.488 e. The van der Waals surface area contributed by atoms with Crippen LogP contribution in [0.3, 0.4) is 0 Å². The number of hydrogen-bond donors (Lipinski definition) is 13. The Kier molecular flexibility index (Phi) is 39.4. The van der Waals surface area contributed by atoms with E-state index in [4.69, 9.17) is 52.9 Å². The van der Waals surface area contributed by atoms with Crippen LogP contribution in [0.1, 0.15) is 16.7 Å². The lowest BCUT2D eigenvalue weighted by Crippen LogP contribution is -2.51. The molecule has 3 aliphatic heterocycles. The van der Waals surface area contributed by atoms with E-state index in [2.05, 4.69) is 25.8 Å². The third-order valence-electron chi connectivity index (χ3n) is 16.4. The van der Waals surface area contributed by atoms with Gasteiger partial charge in [0.25, 0.3) is 0 Å². The van der Waals surface area contributed by atoms with E-state index >= 15 is 0 Å². The topological polar surface area (TPSA) is 490 Å². The SMILES string of the molecule is O=C(O)CN(CCN(CC(=O)O)CC(Cc1ccc(CC(=S)Nc2cc3c(cc2NC(=S)Nc2ccc(CC(CN(CCN(CC(=O)O)CC(=O)O)CC(=O)O)N(CC(=O)O)CC(=O)O)cc2)OCCN2CCOCCOCCN(CCOCCOCC2)CCO3)cc1)N(CC(=O)O)CC(=O)O)CC(=O)O. The molecular weight excluding hydrogens is 1440 g/mol. The molecule has 106 heavy (non-hydrogen) atoms. The second kappa shape index (κ2) is 47.6. The molecule has 13 N–H and O–H groups in total. The van der Waals surface area contributed by atoms with Gasteiger partial charge in [-0.05, 0) is 53.9 Å². The Balaban J connectivity index is 1.49. The number of thiocarbonyl (C=S) groups is 2. The Morgan fingerprint density at radius 1 is 0.368 bits per heavy atom. The smallest absolute Gasteiger partial charge is 0.317 e. The zero-order chi connectivity index (χ0) is 77.5. The zero-order valence-corrected chi connectivity index (χ0v) is 60.2. The highest BCUT2D eigenvalue weighted by Gasteiger charge is 2.30. The molecule has 3 heterocycles. The second-order valence-electron chi connectivity index (χ2n) is 24.8. The molecule has 1 saturated heterocycles. The second-order valence-corrected chi connectivity index (χ2v) is 25.7. The van der Waals surface area contributed by atoms with Crippen LogP contribution in [0.25, 0.3) is 0 Å². The van der Waals surface area contributed by atoms with Crippen molar-refractivity contribution in [3.05, 3.63) is 77.4 Å². The molecule has 0 aliphatic carbocycles. The van der Waals surface area contributed by atoms with Gasteiger partial charge in [0.2, 0.25) is 0 Å². The number of hydrogen-bond acceptors (Lipinski definition) is 26. The monoisotopic (exact) mass is 1530 g/mol. The maximum atomic E-state index is 12.2. The summed E-state index contributed by atoms with van der Waals surface area (Å²) in [6.07, 6.45) is 0.0834. The zero-order valence-electron chi connectivity index (χ0n) is 58.6. The summed E-state index contributed by atoms with van der Waals surface area (Å²) in [7, 11) is 0. The summed E-state index contributed by atoms with van der Waals surface area (Å²) >= 11 is 12.0. The van der Waals surface area contributed by atoms with Crippen molar-refractivity contribution >= 4 is 111 Å². The van der Waals surface area contributed by atoms with Gasteiger partial charge in [-0.2, -0.15) is 0 Å². The van der Waals surface area contributed by atoms with Crippen molar-refractivity contribution < 1.29 is 127 Å². The summed E-state index contributed by atoms with van der Waals surface area (Å²) in [5.74, 6) is -12.8. The molecule has 37 nitrogen and oxygen atoms in total. The molecule has 0 spiro atoms. The Hall–Kier alpha value is -8.94. The quantitative estimate of drug-likeness (QED) is 0.0316. The van der Waals surface area contributed by atoms with Crippen molar-refractivity contribution in [2.24, 2.45) is 0 Å². The van der Waals surface area contributed by atoms with Gasteiger partial charge in [0.05, 0.1) is 135 Å². The van der Waals surface area contributed by atoms with Crippen LogP contribution in [0.2, 0.25) is 0 Å². The fourth-order valence-electron chi connectivity index (χ4n) is 11.5. The lowest BCUT2D eigenvalue weighted by atomic mass is 10.0. The average molecular weight is 1530 g/mol. The van der Waals surface area contributed by atoms with Crippen molar-refractivity contribution in [2.45, 2.75) is 31.3 Å². The molecule has 0 aromatic heterocycles. The maximum Gasteiger partial charge on any atom is 0.317 e. The van der Waals surface area contributed by atoms with E-state index in [1.54, 1.807) is 60.7 Å². The van der Waals surface area contributed by atoms with E-state index in [1.807, 2.05) is 0 Å². The number of nitrogens with zero attached hydrogens (tertiary/aromatic N) is 8. The number of carbonyl (C=O) groups is 10. The van der Waals surface area contributed by atoms with Crippen LogP contribution >= 0.6 is 24.4 Å². The minimum atomic E-state index is -1.37. The van der Waals surface area contributed by atoms with Gasteiger partial charge < -0.3 is 95.4 Å². The number of aliphatic carboxylic acids is 10. The van der Waals surface area contributed by atoms with Crippen LogP contribution < -0.4 is 25.4 Å². The molecular formula is C67H95N11O26S2. The molecule has 0 amide bonds. The van der Waals surface area contributed by atoms with Crippen molar-refractivity contribution in [3.63, 3.8) is 0 Å². The summed E-state index contributed by atoms with van der Waals surface area (Å²) in [6, 6.07) is 15.0. The minimum absolute atomic E-state index is 0.00543. The van der Waals surface area contributed by atoms with Crippen molar-refractivity contribution in [3.8, 4) is 11.5 Å². The molecule has 2 bridgehead atoms. The molecule has 39 heteroatoms. The number of fused-ring (bicyclic) bond motifs is 18. The fraction of sp³-hybridized carbons (Fsp3) is 0.552. The Bertz CT molecular complexity index is 3080. The first kappa shape index (κ1) is 87.7. The third-order valence-corrected chi connectivity index (χ3v) is 16.8. The molecule has 2 atom stereocenters. The molecule has 1 fully saturated rings. The Labute approximate surface area is 621 Å². The van der Waals surface area contributed by atoms with E-state index in [-0.39, 0.29) is 81.8 Å². The predicted octanol–water partition coefficient (Wildman–Crippen LogP) is -0.587. The lowest BCUT2D eigenvalue weighted by molar-refractivity contribution is -0.145. The standard InChI is InChI=1S/C67H95N11O26S2/c79-57(80)36-73(9-11-75(38-59(83)84)39-60(85)86)34-50(77(42-63(91)92)43-64(93)94)29-46-1-3-48(4-2-46)31-56(105)69-52-32-54-55(104-24-18-72-15-21-101-27-25-99-19-13-71(17-23-103-54)14-20-100-26-28-102-22-16-72)33-53(52)70-67(106)68-49-7-5-47(6-8-49)30-51(78(44-65(95)96)45-66(97)98)35-74(37-58(81)82)10-12-76(40-61(87)88)41-62(89)90/h1-8,32-33,50-51H,9-31,34-45H2,(H,69,105)(H,79,80)(H,81,82)(H,83,84)(H,85,86)(H,87,88)(H,89,90)(H,91,92)(H,93,94)(H,95,96)(H,97,98)(H2,68,70,106). The summed E-state index contributed by atoms with van der Waals surface area (Å²) in [5, 5.41) is 107. The Morgan fingerprint density at radius 2 is 0.660 bits per heavy atom. The summed E-state index contributed by atoms with van der Waals surface area (Å²) in [6.45, 7) is -1.58. The molecule has 3 aromatic carbocycles. The van der Waals surface area contributed by atoms with Gasteiger partial charge in [-0.25, -0.2) is 0 Å². The number of nitrogens with one attached hydrogen (secondary N) is 3. The van der Waals surface area contributed by atoms with Gasteiger partial charge in [0, 0.05) is 115 Å². The maximum absolute atomic E-state index is 12.2. The van der Waals surface area contributed by atoms with E-state index in [0.717, 1.165) is 19.6 Å². The first-order chi connectivity index (χ1) is 50.5. The molecule has 2 unspecified atom stereocenters. The summed E-state index contributed by atoms with van der Waals surface area (Å²) in [4.78, 5) is 131. The molecule has 6 rings (SSSR count). The van der Waals surface area contributed by atoms with Gasteiger partial charge in [0.1, 0.15) is 13.2 Å². The summed E-state index contributed by atoms with van der Waals surface area (Å²) in [5.41, 5.74) is 2.95. The van der Waals surface area contributed by atoms with Gasteiger partial charge in [0.15, 0.2) is 16.6 Å². The third kappa shape index (κ3) is 36.9. The van der Waals surface area contributed by atoms with Crippen LogP contribution in [0, 0.1) is 0 Å². The number of ether oxygens (including phenoxy) is 6. The van der Waals surface area contributed by atoms with Gasteiger partial charge in [-0.3, -0.25) is 87.1 Å². The van der Waals surface area contributed by atoms with Gasteiger partial charge >= 0.3 is 59.7 Å². The van der Waals surface area contributed by atoms with Crippen LogP contribution in [0.4, 0.5) is 17.1 Å². The number of anilines is 3. The predicted molar refractivity (Wildman–Crippen MR) is 386 cm³/mol. The number of carboxylic acids is 10. The first-order valence-corrected chi connectivity index (χ1v) is 34.7. The van der Waals surface area contributed by atoms with E-state index < -0.39 is 137 Å². The highest BCUT2D eigenvalue weighted by molar-refractivity contribution is 7.81. The van der Waals surface area contributed by atoms with Crippen LogP contribution in [-0.2, 0) is 86.2 Å². The average Bonchev–Trinajstić information content (AvgIpc) is 0.806. The van der Waals surface area contributed by atoms with Gasteiger partial charge in [-0.15, -0.1) is 0 Å². The van der Waals surface area contributed by atoms with Gasteiger partial charge in [-0.1, -0.05) is 48.6 Å². The first-order valence-electron chi connectivity index (χ1n) is 33.8. The number of carboxylic acid groups (broad SMARTS) is 10. The van der Waals surface area contributed by atoms with Crippen molar-refractivity contribution in [1.82, 2.24) is 39.2 Å². The fourth-order valence-corrected chi connectivity index (χ4v) is 12.0. The number of rotatable bonds is 41. The van der Waals surface area contributed by atoms with E-state index in [1.165, 1.54) is 9.80 Å². The highest BCUT2D eigenvalue weighted by atomic mass is 32.1. The van der Waals surface area contributed by atoms with Crippen LogP contribution in [0.15, 0.2) is 60.7 Å². The molecule has 0 saturated carbocycles. The molecule has 3 aliphatic rings. The van der Waals surface area contributed by atoms with Crippen molar-refractivity contribution in [1.29, 1.82) is 0 Å². The van der Waals surface area contributed by atoms with Crippen LogP contribution in [-0.4, -0.2) is 382 Å². The normalized spacial score (nSPS) is 16.4. The van der Waals surface area contributed by atoms with E-state index in [9.17, 15) is 99.0 Å². The molecule has 3 aromatic rings. The molecule has 586 valence electrons. The minimum Gasteiger partial charge on any atom is -0.488 e. The molecule has 0 radical (unpaired) electrons. The van der Waals surface area contributed by atoms with Crippen LogP contribution in [0.5, 0.6) is 11.5 Å². The van der Waals surface area contributed by atoms with Crippen molar-refractivity contribution in [2.75, 3.05) is 226 Å². The Morgan fingerprint density at radius 3 is 1.00 bits per heavy atom. The number of benzene rings is 3.